The summed E-state index contributed by atoms with van der Waals surface area (Å²) in [6.45, 7) is 1.61. The Bertz CT molecular complexity index is 272. The van der Waals surface area contributed by atoms with Crippen LogP contribution in [0.1, 0.15) is 18.9 Å². The van der Waals surface area contributed by atoms with Crippen LogP contribution in [0.3, 0.4) is 0 Å². The second kappa shape index (κ2) is 5.83. The Morgan fingerprint density at radius 1 is 1.33 bits per heavy atom. The van der Waals surface area contributed by atoms with Gasteiger partial charge in [-0.3, -0.25) is 0 Å². The lowest BCUT2D eigenvalue weighted by Gasteiger charge is -2.18. The zero-order valence-electron chi connectivity index (χ0n) is 8.95. The summed E-state index contributed by atoms with van der Waals surface area (Å²) >= 11 is 0. The summed E-state index contributed by atoms with van der Waals surface area (Å²) in [7, 11) is 0. The molecule has 0 radical (unpaired) electrons. The van der Waals surface area contributed by atoms with E-state index in [0.29, 0.717) is 19.6 Å². The molecule has 3 heteroatoms. The van der Waals surface area contributed by atoms with Crippen LogP contribution in [-0.2, 0) is 11.3 Å². The predicted molar refractivity (Wildman–Crippen MR) is 57.3 cm³/mol. The Morgan fingerprint density at radius 2 is 2.00 bits per heavy atom. The van der Waals surface area contributed by atoms with Gasteiger partial charge in [-0.05, 0) is 12.5 Å². The molecule has 84 valence electrons. The van der Waals surface area contributed by atoms with Crippen LogP contribution in [0, 0.1) is 0 Å². The van der Waals surface area contributed by atoms with Crippen molar-refractivity contribution < 1.29 is 14.2 Å². The van der Waals surface area contributed by atoms with Gasteiger partial charge in [-0.25, -0.2) is 4.39 Å². The fourth-order valence-electron chi connectivity index (χ4n) is 1.12. The molecule has 1 atom stereocenters. The Morgan fingerprint density at radius 3 is 2.60 bits per heavy atom. The molecule has 1 rings (SSSR count). The highest BCUT2D eigenvalue weighted by Gasteiger charge is 2.19. The first-order chi connectivity index (χ1) is 7.14. The van der Waals surface area contributed by atoms with Crippen LogP contribution in [0.15, 0.2) is 30.3 Å². The standard InChI is InChI=1S/C12H17FO2/c1-12(14,10-13)7-8-15-9-11-5-3-2-4-6-11/h2-6,14H,7-10H2,1H3/t12-/m0/s1. The molecule has 1 N–H and O–H groups in total. The predicted octanol–water partition coefficient (Wildman–Crippen LogP) is 2.31. The van der Waals surface area contributed by atoms with Crippen molar-refractivity contribution in [2.75, 3.05) is 13.3 Å². The maximum absolute atomic E-state index is 12.2. The molecular weight excluding hydrogens is 195 g/mol. The molecule has 0 bridgehead atoms. The van der Waals surface area contributed by atoms with Gasteiger partial charge in [0.25, 0.3) is 0 Å². The number of hydrogen-bond donors (Lipinski definition) is 1. The Kier molecular flexibility index (Phi) is 4.72. The molecule has 0 amide bonds. The van der Waals surface area contributed by atoms with Gasteiger partial charge in [-0.15, -0.1) is 0 Å². The second-order valence-corrected chi connectivity index (χ2v) is 3.92. The third kappa shape index (κ3) is 4.91. The van der Waals surface area contributed by atoms with E-state index in [9.17, 15) is 9.50 Å². The minimum atomic E-state index is -1.25. The monoisotopic (exact) mass is 212 g/mol. The first-order valence-corrected chi connectivity index (χ1v) is 5.04. The molecular formula is C12H17FO2. The highest BCUT2D eigenvalue weighted by atomic mass is 19.1. The van der Waals surface area contributed by atoms with Crippen molar-refractivity contribution in [1.29, 1.82) is 0 Å². The molecule has 0 saturated heterocycles. The quantitative estimate of drug-likeness (QED) is 0.733. The summed E-state index contributed by atoms with van der Waals surface area (Å²) in [6, 6.07) is 9.75. The normalized spacial score (nSPS) is 14.9. The number of ether oxygens (including phenoxy) is 1. The first kappa shape index (κ1) is 12.1. The largest absolute Gasteiger partial charge is 0.387 e. The molecule has 1 aromatic rings. The van der Waals surface area contributed by atoms with Gasteiger partial charge in [0.05, 0.1) is 12.2 Å². The smallest absolute Gasteiger partial charge is 0.118 e. The van der Waals surface area contributed by atoms with E-state index in [-0.39, 0.29) is 0 Å². The SMILES string of the molecule is C[C@@](O)(CF)CCOCc1ccccc1. The van der Waals surface area contributed by atoms with Gasteiger partial charge in [0.15, 0.2) is 0 Å². The van der Waals surface area contributed by atoms with Crippen LogP contribution in [0.4, 0.5) is 4.39 Å². The molecule has 0 fully saturated rings. The Hall–Kier alpha value is -0.930. The topological polar surface area (TPSA) is 29.5 Å². The number of halogens is 1. The zero-order chi connectivity index (χ0) is 11.1. The van der Waals surface area contributed by atoms with E-state index in [1.54, 1.807) is 0 Å². The Balaban J connectivity index is 2.18. The maximum Gasteiger partial charge on any atom is 0.118 e. The average Bonchev–Trinajstić information content (AvgIpc) is 2.26. The van der Waals surface area contributed by atoms with Crippen molar-refractivity contribution in [3.63, 3.8) is 0 Å². The number of benzene rings is 1. The molecule has 15 heavy (non-hydrogen) atoms. The van der Waals surface area contributed by atoms with Crippen molar-refractivity contribution in [2.24, 2.45) is 0 Å². The van der Waals surface area contributed by atoms with Crippen molar-refractivity contribution >= 4 is 0 Å². The zero-order valence-corrected chi connectivity index (χ0v) is 8.95. The fraction of sp³-hybridized carbons (Fsp3) is 0.500. The second-order valence-electron chi connectivity index (χ2n) is 3.92. The van der Waals surface area contributed by atoms with E-state index < -0.39 is 12.3 Å². The van der Waals surface area contributed by atoms with E-state index >= 15 is 0 Å². The minimum absolute atomic E-state index is 0.316. The minimum Gasteiger partial charge on any atom is -0.387 e. The lowest BCUT2D eigenvalue weighted by atomic mass is 10.1. The molecule has 0 spiro atoms. The summed E-state index contributed by atoms with van der Waals surface area (Å²) < 4.78 is 17.5. The van der Waals surface area contributed by atoms with Crippen LogP contribution in [-0.4, -0.2) is 24.0 Å². The molecule has 1 aromatic carbocycles. The molecule has 0 unspecified atom stereocenters. The van der Waals surface area contributed by atoms with E-state index in [2.05, 4.69) is 0 Å². The van der Waals surface area contributed by atoms with Crippen molar-refractivity contribution in [3.05, 3.63) is 35.9 Å². The van der Waals surface area contributed by atoms with E-state index in [4.69, 9.17) is 4.74 Å². The summed E-state index contributed by atoms with van der Waals surface area (Å²) in [5.74, 6) is 0. The summed E-state index contributed by atoms with van der Waals surface area (Å²) in [5, 5.41) is 9.37. The first-order valence-electron chi connectivity index (χ1n) is 5.04. The van der Waals surface area contributed by atoms with Gasteiger partial charge in [-0.1, -0.05) is 30.3 Å². The summed E-state index contributed by atoms with van der Waals surface area (Å²) in [4.78, 5) is 0. The highest BCUT2D eigenvalue weighted by molar-refractivity contribution is 5.13. The van der Waals surface area contributed by atoms with Gasteiger partial charge < -0.3 is 9.84 Å². The molecule has 2 nitrogen and oxygen atoms in total. The number of hydrogen-bond acceptors (Lipinski definition) is 2. The van der Waals surface area contributed by atoms with Crippen molar-refractivity contribution in [3.8, 4) is 0 Å². The third-order valence-electron chi connectivity index (χ3n) is 2.18. The molecule has 0 aromatic heterocycles. The number of rotatable bonds is 6. The van der Waals surface area contributed by atoms with Gasteiger partial charge >= 0.3 is 0 Å². The average molecular weight is 212 g/mol. The summed E-state index contributed by atoms with van der Waals surface area (Å²) in [5.41, 5.74) is -0.172. The van der Waals surface area contributed by atoms with Crippen LogP contribution < -0.4 is 0 Å². The molecule has 0 saturated carbocycles. The fourth-order valence-corrected chi connectivity index (χ4v) is 1.12. The van der Waals surface area contributed by atoms with Gasteiger partial charge in [0.2, 0.25) is 0 Å². The van der Waals surface area contributed by atoms with E-state index in [1.165, 1.54) is 6.92 Å². The summed E-state index contributed by atoms with van der Waals surface area (Å²) in [6.07, 6.45) is 0.316. The Labute approximate surface area is 89.7 Å². The third-order valence-corrected chi connectivity index (χ3v) is 2.18. The highest BCUT2D eigenvalue weighted by Crippen LogP contribution is 2.10. The lowest BCUT2D eigenvalue weighted by molar-refractivity contribution is -0.00658. The maximum atomic E-state index is 12.2. The number of aliphatic hydroxyl groups is 1. The molecule has 0 heterocycles. The molecule has 0 aliphatic rings. The molecule has 0 aliphatic carbocycles. The number of alkyl halides is 1. The van der Waals surface area contributed by atoms with Gasteiger partial charge in [0.1, 0.15) is 6.67 Å². The van der Waals surface area contributed by atoms with Gasteiger partial charge in [0, 0.05) is 13.0 Å². The van der Waals surface area contributed by atoms with Crippen LogP contribution in [0.2, 0.25) is 0 Å². The van der Waals surface area contributed by atoms with Crippen LogP contribution in [0.5, 0.6) is 0 Å². The van der Waals surface area contributed by atoms with Crippen LogP contribution >= 0.6 is 0 Å². The van der Waals surface area contributed by atoms with Gasteiger partial charge in [-0.2, -0.15) is 0 Å². The van der Waals surface area contributed by atoms with Crippen LogP contribution in [0.25, 0.3) is 0 Å². The lowest BCUT2D eigenvalue weighted by Crippen LogP contribution is -2.28. The van der Waals surface area contributed by atoms with Crippen molar-refractivity contribution in [1.82, 2.24) is 0 Å². The molecule has 0 aliphatic heterocycles. The van der Waals surface area contributed by atoms with E-state index in [1.807, 2.05) is 30.3 Å². The van der Waals surface area contributed by atoms with E-state index in [0.717, 1.165) is 5.56 Å². The van der Waals surface area contributed by atoms with Crippen molar-refractivity contribution in [2.45, 2.75) is 25.6 Å².